The average Bonchev–Trinajstić information content (AvgIpc) is 3.03. The molecule has 1 aromatic carbocycles. The van der Waals surface area contributed by atoms with Crippen LogP contribution in [0.25, 0.3) is 0 Å². The molecular formula is C21H29N5O3. The number of hydrogen-bond donors (Lipinski definition) is 3. The number of piperazine rings is 1. The van der Waals surface area contributed by atoms with Crippen LogP contribution in [0.1, 0.15) is 19.4 Å². The normalized spacial score (nSPS) is 17.9. The second kappa shape index (κ2) is 9.58. The van der Waals surface area contributed by atoms with E-state index in [1.807, 2.05) is 43.3 Å². The molecule has 3 rings (SSSR count). The van der Waals surface area contributed by atoms with Crippen molar-refractivity contribution in [1.82, 2.24) is 15.3 Å². The highest BCUT2D eigenvalue weighted by Gasteiger charge is 2.30. The van der Waals surface area contributed by atoms with Crippen LogP contribution in [0.5, 0.6) is 0 Å². The van der Waals surface area contributed by atoms with E-state index >= 15 is 0 Å². The lowest BCUT2D eigenvalue weighted by Crippen LogP contribution is -2.55. The molecule has 0 aliphatic carbocycles. The summed E-state index contributed by atoms with van der Waals surface area (Å²) < 4.78 is 0. The van der Waals surface area contributed by atoms with Gasteiger partial charge in [0.1, 0.15) is 17.6 Å². The molecule has 0 radical (unpaired) electrons. The maximum atomic E-state index is 13.0. The molecule has 1 saturated heterocycles. The Morgan fingerprint density at radius 3 is 2.69 bits per heavy atom. The molecule has 0 bridgehead atoms. The third kappa shape index (κ3) is 4.60. The number of amides is 1. The SMILES string of the molecule is CCc1ccccc1N(O)C(C)C(=O)N1CCN(C2=NCC=CC=C2NO)CC1. The van der Waals surface area contributed by atoms with Gasteiger partial charge in [0.2, 0.25) is 5.91 Å². The van der Waals surface area contributed by atoms with Gasteiger partial charge < -0.3 is 9.80 Å². The summed E-state index contributed by atoms with van der Waals surface area (Å²) in [5.74, 6) is 0.580. The van der Waals surface area contributed by atoms with Crippen LogP contribution in [-0.4, -0.2) is 70.7 Å². The number of allylic oxidation sites excluding steroid dienone is 2. The predicted molar refractivity (Wildman–Crippen MR) is 112 cm³/mol. The van der Waals surface area contributed by atoms with E-state index in [4.69, 9.17) is 0 Å². The molecule has 1 amide bonds. The van der Waals surface area contributed by atoms with Gasteiger partial charge in [0.25, 0.3) is 0 Å². The van der Waals surface area contributed by atoms with Crippen molar-refractivity contribution in [2.45, 2.75) is 26.3 Å². The monoisotopic (exact) mass is 399 g/mol. The van der Waals surface area contributed by atoms with Crippen LogP contribution < -0.4 is 10.5 Å². The molecule has 0 spiro atoms. The second-order valence-corrected chi connectivity index (χ2v) is 7.10. The Bertz CT molecular complexity index is 812. The van der Waals surface area contributed by atoms with Crippen molar-refractivity contribution >= 4 is 17.4 Å². The topological polar surface area (TPSA) is 91.6 Å². The van der Waals surface area contributed by atoms with Gasteiger partial charge >= 0.3 is 0 Å². The van der Waals surface area contributed by atoms with Crippen molar-refractivity contribution in [3.05, 3.63) is 53.8 Å². The van der Waals surface area contributed by atoms with Crippen LogP contribution in [0, 0.1) is 0 Å². The zero-order valence-electron chi connectivity index (χ0n) is 17.0. The lowest BCUT2D eigenvalue weighted by atomic mass is 10.1. The van der Waals surface area contributed by atoms with Crippen LogP contribution >= 0.6 is 0 Å². The number of carbonyl (C=O) groups is 1. The van der Waals surface area contributed by atoms with Gasteiger partial charge in [-0.2, -0.15) is 0 Å². The molecule has 2 aliphatic rings. The summed E-state index contributed by atoms with van der Waals surface area (Å²) in [4.78, 5) is 21.3. The van der Waals surface area contributed by atoms with Crippen molar-refractivity contribution in [3.63, 3.8) is 0 Å². The van der Waals surface area contributed by atoms with E-state index in [0.29, 0.717) is 49.9 Å². The third-order valence-electron chi connectivity index (χ3n) is 5.34. The fraction of sp³-hybridized carbons (Fsp3) is 0.429. The summed E-state index contributed by atoms with van der Waals surface area (Å²) in [5, 5.41) is 21.1. The Morgan fingerprint density at radius 1 is 1.28 bits per heavy atom. The van der Waals surface area contributed by atoms with Crippen molar-refractivity contribution in [1.29, 1.82) is 0 Å². The molecule has 8 heteroatoms. The Morgan fingerprint density at radius 2 is 2.00 bits per heavy atom. The molecule has 1 aromatic rings. The second-order valence-electron chi connectivity index (χ2n) is 7.10. The van der Waals surface area contributed by atoms with Crippen molar-refractivity contribution in [2.75, 3.05) is 37.8 Å². The van der Waals surface area contributed by atoms with Crippen LogP contribution in [0.4, 0.5) is 5.69 Å². The van der Waals surface area contributed by atoms with Crippen LogP contribution in [0.2, 0.25) is 0 Å². The van der Waals surface area contributed by atoms with Crippen LogP contribution in [-0.2, 0) is 11.2 Å². The fourth-order valence-electron chi connectivity index (χ4n) is 3.63. The molecule has 1 unspecified atom stereocenters. The maximum Gasteiger partial charge on any atom is 0.247 e. The lowest BCUT2D eigenvalue weighted by molar-refractivity contribution is -0.134. The Balaban J connectivity index is 1.63. The first-order valence-corrected chi connectivity index (χ1v) is 9.98. The number of hydrogen-bond acceptors (Lipinski definition) is 7. The van der Waals surface area contributed by atoms with Gasteiger partial charge in [0.15, 0.2) is 0 Å². The number of carbonyl (C=O) groups excluding carboxylic acids is 1. The first-order chi connectivity index (χ1) is 14.1. The van der Waals surface area contributed by atoms with Gasteiger partial charge in [-0.1, -0.05) is 37.3 Å². The van der Waals surface area contributed by atoms with Gasteiger partial charge in [-0.05, 0) is 31.1 Å². The molecule has 3 N–H and O–H groups in total. The number of para-hydroxylation sites is 1. The Labute approximate surface area is 171 Å². The first kappa shape index (κ1) is 20.9. The molecule has 1 atom stereocenters. The van der Waals surface area contributed by atoms with E-state index in [2.05, 4.69) is 15.4 Å². The molecule has 1 fully saturated rings. The number of aryl methyl sites for hydroxylation is 1. The molecule has 156 valence electrons. The van der Waals surface area contributed by atoms with E-state index in [0.717, 1.165) is 17.0 Å². The number of hydroxylamine groups is 2. The van der Waals surface area contributed by atoms with Crippen LogP contribution in [0.3, 0.4) is 0 Å². The molecule has 29 heavy (non-hydrogen) atoms. The lowest BCUT2D eigenvalue weighted by Gasteiger charge is -2.38. The molecule has 8 nitrogen and oxygen atoms in total. The Hall–Kier alpha value is -2.84. The molecule has 2 aliphatic heterocycles. The zero-order valence-corrected chi connectivity index (χ0v) is 17.0. The summed E-state index contributed by atoms with van der Waals surface area (Å²) in [6.07, 6.45) is 6.31. The minimum Gasteiger partial charge on any atom is -0.352 e. The van der Waals surface area contributed by atoms with Gasteiger partial charge in [0.05, 0.1) is 12.2 Å². The van der Waals surface area contributed by atoms with Gasteiger partial charge in [-0.15, -0.1) is 0 Å². The molecule has 0 aromatic heterocycles. The van der Waals surface area contributed by atoms with Gasteiger partial charge in [-0.25, -0.2) is 5.06 Å². The van der Waals surface area contributed by atoms with Crippen LogP contribution in [0.15, 0.2) is 53.2 Å². The number of benzene rings is 1. The summed E-state index contributed by atoms with van der Waals surface area (Å²) in [6, 6.07) is 6.89. The Kier molecular flexibility index (Phi) is 6.90. The first-order valence-electron chi connectivity index (χ1n) is 9.98. The molecule has 0 saturated carbocycles. The zero-order chi connectivity index (χ0) is 20.8. The van der Waals surface area contributed by atoms with Crippen molar-refractivity contribution < 1.29 is 15.2 Å². The summed E-state index contributed by atoms with van der Waals surface area (Å²) in [5.41, 5.74) is 4.41. The minimum atomic E-state index is -0.678. The predicted octanol–water partition coefficient (Wildman–Crippen LogP) is 1.81. The van der Waals surface area contributed by atoms with E-state index in [9.17, 15) is 15.2 Å². The highest BCUT2D eigenvalue weighted by molar-refractivity contribution is 5.98. The minimum absolute atomic E-state index is 0.112. The summed E-state index contributed by atoms with van der Waals surface area (Å²) in [6.45, 7) is 6.55. The standard InChI is InChI=1S/C21H29N5O3/c1-3-17-8-4-5-10-19(17)26(29)16(2)21(27)25-14-12-24(13-15-25)20-18(23-28)9-6-7-11-22-20/h4-10,16,23,28-29H,3,11-15H2,1-2H3. The van der Waals surface area contributed by atoms with E-state index in [-0.39, 0.29) is 5.91 Å². The summed E-state index contributed by atoms with van der Waals surface area (Å²) >= 11 is 0. The van der Waals surface area contributed by atoms with E-state index in [1.165, 1.54) is 0 Å². The van der Waals surface area contributed by atoms with E-state index < -0.39 is 6.04 Å². The van der Waals surface area contributed by atoms with Gasteiger partial charge in [0, 0.05) is 26.2 Å². The van der Waals surface area contributed by atoms with Gasteiger partial charge in [-0.3, -0.25) is 25.7 Å². The number of anilines is 1. The maximum absolute atomic E-state index is 13.0. The number of aliphatic imine (C=N–C) groups is 1. The third-order valence-corrected chi connectivity index (χ3v) is 5.34. The number of nitrogens with one attached hydrogen (secondary N) is 1. The average molecular weight is 399 g/mol. The van der Waals surface area contributed by atoms with Crippen molar-refractivity contribution in [2.24, 2.45) is 4.99 Å². The quantitative estimate of drug-likeness (QED) is 0.654. The van der Waals surface area contributed by atoms with Crippen molar-refractivity contribution in [3.8, 4) is 0 Å². The molecular weight excluding hydrogens is 370 g/mol. The highest BCUT2D eigenvalue weighted by atomic mass is 16.5. The number of amidine groups is 1. The number of rotatable bonds is 5. The molecule has 2 heterocycles. The highest BCUT2D eigenvalue weighted by Crippen LogP contribution is 2.22. The largest absolute Gasteiger partial charge is 0.352 e. The number of nitrogens with zero attached hydrogens (tertiary/aromatic N) is 4. The smallest absolute Gasteiger partial charge is 0.247 e. The fourth-order valence-corrected chi connectivity index (χ4v) is 3.63. The summed E-state index contributed by atoms with van der Waals surface area (Å²) in [7, 11) is 0. The van der Waals surface area contributed by atoms with E-state index in [1.54, 1.807) is 17.9 Å².